The van der Waals surface area contributed by atoms with E-state index in [9.17, 15) is 14.7 Å². The summed E-state index contributed by atoms with van der Waals surface area (Å²) in [6, 6.07) is 21.7. The summed E-state index contributed by atoms with van der Waals surface area (Å²) < 4.78 is 12.4. The first-order chi connectivity index (χ1) is 20.9. The van der Waals surface area contributed by atoms with Gasteiger partial charge in [-0.25, -0.2) is 0 Å². The Labute approximate surface area is 258 Å². The van der Waals surface area contributed by atoms with Crippen molar-refractivity contribution in [2.45, 2.75) is 55.3 Å². The van der Waals surface area contributed by atoms with E-state index in [2.05, 4.69) is 17.1 Å². The van der Waals surface area contributed by atoms with Gasteiger partial charge in [0.15, 0.2) is 4.34 Å². The number of thioether (sulfide) groups is 1. The first kappa shape index (κ1) is 28.9. The van der Waals surface area contributed by atoms with E-state index in [0.29, 0.717) is 40.0 Å². The minimum atomic E-state index is -0.918. The normalized spacial score (nSPS) is 19.0. The fourth-order valence-electron chi connectivity index (χ4n) is 5.26. The predicted molar refractivity (Wildman–Crippen MR) is 168 cm³/mol. The van der Waals surface area contributed by atoms with E-state index in [4.69, 9.17) is 9.47 Å². The zero-order valence-electron chi connectivity index (χ0n) is 23.9. The number of hydrogen-bond donors (Lipinski definition) is 1. The molecule has 0 spiro atoms. The van der Waals surface area contributed by atoms with Gasteiger partial charge in [0, 0.05) is 17.7 Å². The first-order valence-corrected chi connectivity index (χ1v) is 16.1. The highest BCUT2D eigenvalue weighted by molar-refractivity contribution is 8.00. The minimum Gasteiger partial charge on any atom is -0.507 e. The molecule has 43 heavy (non-hydrogen) atoms. The Kier molecular flexibility index (Phi) is 8.49. The second-order valence-electron chi connectivity index (χ2n) is 10.5. The van der Waals surface area contributed by atoms with Crippen molar-refractivity contribution in [3.05, 3.63) is 101 Å². The number of nitrogens with zero attached hydrogens (tertiary/aromatic N) is 3. The zero-order valence-corrected chi connectivity index (χ0v) is 25.5. The number of ketones is 1. The van der Waals surface area contributed by atoms with Gasteiger partial charge in [-0.1, -0.05) is 78.9 Å². The van der Waals surface area contributed by atoms with Crippen molar-refractivity contribution in [2.75, 3.05) is 11.5 Å². The molecule has 1 saturated heterocycles. The summed E-state index contributed by atoms with van der Waals surface area (Å²) in [6.07, 6.45) is 2.61. The number of anilines is 1. The third-order valence-corrected chi connectivity index (χ3v) is 9.49. The Bertz CT molecular complexity index is 1690. The average molecular weight is 614 g/mol. The van der Waals surface area contributed by atoms with Crippen molar-refractivity contribution in [1.29, 1.82) is 0 Å². The lowest BCUT2D eigenvalue weighted by Crippen LogP contribution is -2.29. The van der Waals surface area contributed by atoms with Gasteiger partial charge in [0.25, 0.3) is 5.78 Å². The van der Waals surface area contributed by atoms with Crippen LogP contribution in [0.15, 0.2) is 82.7 Å². The number of carbonyl (C=O) groups excluding carboxylic acids is 2. The van der Waals surface area contributed by atoms with E-state index >= 15 is 0 Å². The van der Waals surface area contributed by atoms with Gasteiger partial charge in [-0.05, 0) is 60.4 Å². The van der Waals surface area contributed by atoms with Gasteiger partial charge in [-0.3, -0.25) is 14.5 Å². The summed E-state index contributed by atoms with van der Waals surface area (Å²) in [7, 11) is 0. The number of aliphatic hydroxyl groups excluding tert-OH is 1. The number of amides is 1. The monoisotopic (exact) mass is 613 g/mol. The topological polar surface area (TPSA) is 102 Å². The van der Waals surface area contributed by atoms with E-state index in [0.717, 1.165) is 29.7 Å². The number of unbranched alkanes of at least 4 members (excludes halogenated alkanes) is 1. The van der Waals surface area contributed by atoms with Crippen LogP contribution in [0, 0.1) is 0 Å². The van der Waals surface area contributed by atoms with Crippen LogP contribution in [-0.2, 0) is 21.8 Å². The Hall–Kier alpha value is -4.15. The second kappa shape index (κ2) is 12.6. The number of Topliss-reactive ketones (excluding diaryl/α,β-unsaturated/α-hetero) is 1. The van der Waals surface area contributed by atoms with Crippen LogP contribution in [0.4, 0.5) is 5.13 Å². The molecule has 2 aliphatic heterocycles. The number of ether oxygens (including phenoxy) is 2. The summed E-state index contributed by atoms with van der Waals surface area (Å²) in [6.45, 7) is 4.62. The van der Waals surface area contributed by atoms with Crippen molar-refractivity contribution in [2.24, 2.45) is 0 Å². The van der Waals surface area contributed by atoms with Crippen LogP contribution >= 0.6 is 23.1 Å². The van der Waals surface area contributed by atoms with Gasteiger partial charge in [0.1, 0.15) is 23.4 Å². The molecule has 0 radical (unpaired) electrons. The lowest BCUT2D eigenvalue weighted by Gasteiger charge is -2.23. The standard InChI is InChI=1S/C33H31N3O5S2/c1-3-4-15-40-25-12-8-11-22(18-25)28-27(29(37)23-13-14-26-24(17-23)16-20(2)41-26)30(38)31(39)36(28)32-34-35-33(43-32)42-19-21-9-6-5-7-10-21/h5-14,17-18,20,28,37H,3-4,15-16,19H2,1-2H3/b29-27+/t20-,28+/m0/s1. The fraction of sp³-hybridized carbons (Fsp3) is 0.273. The molecule has 3 aromatic carbocycles. The lowest BCUT2D eigenvalue weighted by molar-refractivity contribution is -0.132. The van der Waals surface area contributed by atoms with Gasteiger partial charge < -0.3 is 14.6 Å². The van der Waals surface area contributed by atoms with Crippen molar-refractivity contribution in [3.63, 3.8) is 0 Å². The largest absolute Gasteiger partial charge is 0.507 e. The molecule has 4 aromatic rings. The molecule has 1 N–H and O–H groups in total. The number of aromatic nitrogens is 2. The summed E-state index contributed by atoms with van der Waals surface area (Å²) in [5.41, 5.74) is 3.15. The molecule has 0 aliphatic carbocycles. The summed E-state index contributed by atoms with van der Waals surface area (Å²) in [4.78, 5) is 28.7. The van der Waals surface area contributed by atoms with Crippen LogP contribution in [0.5, 0.6) is 11.5 Å². The van der Waals surface area contributed by atoms with Crippen molar-refractivity contribution >= 4 is 45.7 Å². The summed E-state index contributed by atoms with van der Waals surface area (Å²) in [5, 5.41) is 20.6. The molecule has 10 heteroatoms. The highest BCUT2D eigenvalue weighted by Gasteiger charge is 2.48. The summed E-state index contributed by atoms with van der Waals surface area (Å²) in [5.74, 6) is 0.282. The first-order valence-electron chi connectivity index (χ1n) is 14.3. The van der Waals surface area contributed by atoms with E-state index in [1.54, 1.807) is 12.1 Å². The van der Waals surface area contributed by atoms with Crippen LogP contribution < -0.4 is 14.4 Å². The molecule has 8 nitrogen and oxygen atoms in total. The van der Waals surface area contributed by atoms with Crippen LogP contribution in [0.3, 0.4) is 0 Å². The molecule has 0 saturated carbocycles. The number of benzene rings is 3. The molecule has 6 rings (SSSR count). The molecule has 0 unspecified atom stereocenters. The van der Waals surface area contributed by atoms with E-state index in [-0.39, 0.29) is 22.6 Å². The van der Waals surface area contributed by atoms with Crippen LogP contribution in [0.1, 0.15) is 55.0 Å². The third kappa shape index (κ3) is 6.03. The molecule has 0 bridgehead atoms. The predicted octanol–water partition coefficient (Wildman–Crippen LogP) is 6.96. The highest BCUT2D eigenvalue weighted by Crippen LogP contribution is 2.45. The molecule has 220 valence electrons. The van der Waals surface area contributed by atoms with Gasteiger partial charge in [0.05, 0.1) is 18.2 Å². The summed E-state index contributed by atoms with van der Waals surface area (Å²) >= 11 is 2.75. The Morgan fingerprint density at radius 1 is 1.09 bits per heavy atom. The minimum absolute atomic E-state index is 0.00342. The molecular formula is C33H31N3O5S2. The maximum Gasteiger partial charge on any atom is 0.301 e. The molecule has 2 aliphatic rings. The maximum atomic E-state index is 13.7. The van der Waals surface area contributed by atoms with E-state index in [1.807, 2.05) is 67.6 Å². The van der Waals surface area contributed by atoms with Crippen LogP contribution in [-0.4, -0.2) is 39.7 Å². The Morgan fingerprint density at radius 2 is 1.93 bits per heavy atom. The molecular weight excluding hydrogens is 583 g/mol. The maximum absolute atomic E-state index is 13.7. The van der Waals surface area contributed by atoms with Crippen LogP contribution in [0.25, 0.3) is 5.76 Å². The van der Waals surface area contributed by atoms with E-state index < -0.39 is 17.7 Å². The zero-order chi connectivity index (χ0) is 29.9. The van der Waals surface area contributed by atoms with Crippen molar-refractivity contribution < 1.29 is 24.2 Å². The second-order valence-corrected chi connectivity index (χ2v) is 12.7. The smallest absolute Gasteiger partial charge is 0.301 e. The van der Waals surface area contributed by atoms with Crippen molar-refractivity contribution in [3.8, 4) is 11.5 Å². The SMILES string of the molecule is CCCCOc1cccc([C@@H]2/C(=C(\O)c3ccc4c(c3)C[C@H](C)O4)C(=O)C(=O)N2c2nnc(SCc3ccccc3)s2)c1. The van der Waals surface area contributed by atoms with Gasteiger partial charge >= 0.3 is 5.91 Å². The lowest BCUT2D eigenvalue weighted by atomic mass is 9.94. The Morgan fingerprint density at radius 3 is 2.74 bits per heavy atom. The number of fused-ring (bicyclic) bond motifs is 1. The number of aliphatic hydroxyl groups is 1. The molecule has 1 fully saturated rings. The molecule has 1 aromatic heterocycles. The van der Waals surface area contributed by atoms with Crippen LogP contribution in [0.2, 0.25) is 0 Å². The number of carbonyl (C=O) groups is 2. The van der Waals surface area contributed by atoms with Gasteiger partial charge in [-0.2, -0.15) is 0 Å². The van der Waals surface area contributed by atoms with E-state index in [1.165, 1.54) is 28.0 Å². The number of rotatable bonds is 10. The number of hydrogen-bond acceptors (Lipinski definition) is 9. The molecule has 2 atom stereocenters. The third-order valence-electron chi connectivity index (χ3n) is 7.36. The highest BCUT2D eigenvalue weighted by atomic mass is 32.2. The molecule has 3 heterocycles. The Balaban J connectivity index is 1.39. The fourth-order valence-corrected chi connectivity index (χ4v) is 7.08. The van der Waals surface area contributed by atoms with Gasteiger partial charge in [-0.15, -0.1) is 10.2 Å². The molecule has 1 amide bonds. The average Bonchev–Trinajstić information content (AvgIpc) is 3.71. The van der Waals surface area contributed by atoms with Gasteiger partial charge in [0.2, 0.25) is 5.13 Å². The quantitative estimate of drug-likeness (QED) is 0.0512. The van der Waals surface area contributed by atoms with Crippen molar-refractivity contribution in [1.82, 2.24) is 10.2 Å².